The first-order chi connectivity index (χ1) is 7.83. The van der Waals surface area contributed by atoms with Gasteiger partial charge < -0.3 is 5.32 Å². The van der Waals surface area contributed by atoms with E-state index < -0.39 is 0 Å². The Balaban J connectivity index is 2.03. The first-order valence-electron chi connectivity index (χ1n) is 6.59. The van der Waals surface area contributed by atoms with E-state index in [9.17, 15) is 0 Å². The lowest BCUT2D eigenvalue weighted by molar-refractivity contribution is 0.321. The van der Waals surface area contributed by atoms with Crippen LogP contribution in [-0.2, 0) is 19.4 Å². The fraction of sp³-hybridized carbons (Fsp3) is 0.769. The summed E-state index contributed by atoms with van der Waals surface area (Å²) in [6.45, 7) is 7.83. The maximum Gasteiger partial charge on any atom is 0.0624 e. The number of aryl methyl sites for hydroxylation is 2. The number of aromatic nitrogens is 2. The van der Waals surface area contributed by atoms with Crippen molar-refractivity contribution >= 4 is 0 Å². The van der Waals surface area contributed by atoms with Gasteiger partial charge in [0.2, 0.25) is 0 Å². The molecule has 2 heterocycles. The third-order valence-corrected chi connectivity index (χ3v) is 3.47. The van der Waals surface area contributed by atoms with Gasteiger partial charge in [-0.25, -0.2) is 0 Å². The van der Waals surface area contributed by atoms with Gasteiger partial charge in [0.25, 0.3) is 0 Å². The third-order valence-electron chi connectivity index (χ3n) is 3.47. The minimum atomic E-state index is 0.767. The Morgan fingerprint density at radius 3 is 2.94 bits per heavy atom. The maximum atomic E-state index is 4.68. The molecule has 1 aromatic heterocycles. The van der Waals surface area contributed by atoms with Crippen molar-refractivity contribution in [2.24, 2.45) is 5.92 Å². The van der Waals surface area contributed by atoms with Crippen molar-refractivity contribution in [3.63, 3.8) is 0 Å². The highest BCUT2D eigenvalue weighted by atomic mass is 15.3. The average Bonchev–Trinajstić information content (AvgIpc) is 2.73. The minimum Gasteiger partial charge on any atom is -0.316 e. The Hall–Kier alpha value is -0.830. The van der Waals surface area contributed by atoms with Gasteiger partial charge in [0.1, 0.15) is 0 Å². The van der Waals surface area contributed by atoms with Crippen molar-refractivity contribution in [3.05, 3.63) is 17.5 Å². The molecule has 0 saturated carbocycles. The second kappa shape index (κ2) is 5.48. The summed E-state index contributed by atoms with van der Waals surface area (Å²) < 4.78 is 2.23. The first-order valence-corrected chi connectivity index (χ1v) is 6.59. The third kappa shape index (κ3) is 2.64. The van der Waals surface area contributed by atoms with Gasteiger partial charge in [-0.05, 0) is 50.8 Å². The van der Waals surface area contributed by atoms with E-state index in [1.165, 1.54) is 30.8 Å². The van der Waals surface area contributed by atoms with Crippen LogP contribution in [0.1, 0.15) is 38.1 Å². The van der Waals surface area contributed by atoms with E-state index in [-0.39, 0.29) is 0 Å². The Bertz CT molecular complexity index is 324. The number of rotatable bonds is 4. The normalized spacial score (nSPS) is 21.2. The molecule has 1 aliphatic rings. The molecule has 1 aliphatic heterocycles. The van der Waals surface area contributed by atoms with E-state index in [1.807, 2.05) is 0 Å². The molecule has 0 amide bonds. The van der Waals surface area contributed by atoms with Crippen molar-refractivity contribution in [2.75, 3.05) is 13.1 Å². The van der Waals surface area contributed by atoms with Crippen LogP contribution in [0.15, 0.2) is 6.07 Å². The molecular formula is C13H23N3. The van der Waals surface area contributed by atoms with Gasteiger partial charge in [-0.3, -0.25) is 4.68 Å². The van der Waals surface area contributed by atoms with Gasteiger partial charge in [0, 0.05) is 12.2 Å². The van der Waals surface area contributed by atoms with Crippen LogP contribution in [0.5, 0.6) is 0 Å². The number of hydrogen-bond acceptors (Lipinski definition) is 2. The minimum absolute atomic E-state index is 0.767. The van der Waals surface area contributed by atoms with Crippen molar-refractivity contribution in [1.82, 2.24) is 15.1 Å². The van der Waals surface area contributed by atoms with E-state index in [0.29, 0.717) is 0 Å². The second-order valence-corrected chi connectivity index (χ2v) is 4.73. The van der Waals surface area contributed by atoms with Crippen molar-refractivity contribution in [3.8, 4) is 0 Å². The van der Waals surface area contributed by atoms with Crippen molar-refractivity contribution < 1.29 is 0 Å². The predicted molar refractivity (Wildman–Crippen MR) is 66.6 cm³/mol. The van der Waals surface area contributed by atoms with E-state index >= 15 is 0 Å². The summed E-state index contributed by atoms with van der Waals surface area (Å²) in [6, 6.07) is 2.26. The zero-order valence-electron chi connectivity index (χ0n) is 10.5. The van der Waals surface area contributed by atoms with Gasteiger partial charge >= 0.3 is 0 Å². The van der Waals surface area contributed by atoms with Gasteiger partial charge in [-0.1, -0.05) is 13.8 Å². The number of nitrogens with zero attached hydrogens (tertiary/aromatic N) is 2. The molecule has 1 unspecified atom stereocenters. The lowest BCUT2D eigenvalue weighted by atomic mass is 10.00. The lowest BCUT2D eigenvalue weighted by Gasteiger charge is -2.23. The van der Waals surface area contributed by atoms with Gasteiger partial charge in [0.05, 0.1) is 5.69 Å². The van der Waals surface area contributed by atoms with Crippen LogP contribution in [0, 0.1) is 5.92 Å². The smallest absolute Gasteiger partial charge is 0.0624 e. The molecule has 1 N–H and O–H groups in total. The monoisotopic (exact) mass is 221 g/mol. The fourth-order valence-corrected chi connectivity index (χ4v) is 2.45. The Labute approximate surface area is 98.2 Å². The summed E-state index contributed by atoms with van der Waals surface area (Å²) in [5.74, 6) is 0.767. The fourth-order valence-electron chi connectivity index (χ4n) is 2.45. The first kappa shape index (κ1) is 11.6. The second-order valence-electron chi connectivity index (χ2n) is 4.73. The zero-order chi connectivity index (χ0) is 11.4. The van der Waals surface area contributed by atoms with E-state index in [1.54, 1.807) is 0 Å². The van der Waals surface area contributed by atoms with E-state index in [0.717, 1.165) is 31.8 Å². The summed E-state index contributed by atoms with van der Waals surface area (Å²) >= 11 is 0. The zero-order valence-corrected chi connectivity index (χ0v) is 10.5. The predicted octanol–water partition coefficient (Wildman–Crippen LogP) is 2.01. The molecule has 90 valence electrons. The number of piperidine rings is 1. The number of nitrogens with one attached hydrogen (secondary N) is 1. The molecule has 0 aliphatic carbocycles. The average molecular weight is 221 g/mol. The molecule has 3 nitrogen and oxygen atoms in total. The quantitative estimate of drug-likeness (QED) is 0.843. The van der Waals surface area contributed by atoms with E-state index in [4.69, 9.17) is 0 Å². The van der Waals surface area contributed by atoms with Crippen LogP contribution in [0.4, 0.5) is 0 Å². The topological polar surface area (TPSA) is 29.9 Å². The van der Waals surface area contributed by atoms with Crippen LogP contribution < -0.4 is 5.32 Å². The molecule has 1 fully saturated rings. The molecule has 1 saturated heterocycles. The summed E-state index contributed by atoms with van der Waals surface area (Å²) in [4.78, 5) is 0. The highest BCUT2D eigenvalue weighted by molar-refractivity contribution is 5.10. The summed E-state index contributed by atoms with van der Waals surface area (Å²) in [6.07, 6.45) is 4.79. The molecule has 2 rings (SSSR count). The SMILES string of the molecule is CCc1cc(CC)n(CC2CCCNC2)n1. The largest absolute Gasteiger partial charge is 0.316 e. The maximum absolute atomic E-state index is 4.68. The van der Waals surface area contributed by atoms with Gasteiger partial charge in [0.15, 0.2) is 0 Å². The molecule has 1 atom stereocenters. The Kier molecular flexibility index (Phi) is 3.99. The molecule has 0 spiro atoms. The summed E-state index contributed by atoms with van der Waals surface area (Å²) in [7, 11) is 0. The van der Waals surface area contributed by atoms with Crippen LogP contribution in [0.3, 0.4) is 0 Å². The van der Waals surface area contributed by atoms with Crippen LogP contribution in [0.25, 0.3) is 0 Å². The highest BCUT2D eigenvalue weighted by Gasteiger charge is 2.15. The van der Waals surface area contributed by atoms with Crippen molar-refractivity contribution in [1.29, 1.82) is 0 Å². The molecule has 0 radical (unpaired) electrons. The van der Waals surface area contributed by atoms with Crippen LogP contribution in [0.2, 0.25) is 0 Å². The van der Waals surface area contributed by atoms with Crippen LogP contribution >= 0.6 is 0 Å². The summed E-state index contributed by atoms with van der Waals surface area (Å²) in [5, 5.41) is 8.15. The van der Waals surface area contributed by atoms with Crippen molar-refractivity contribution in [2.45, 2.75) is 46.1 Å². The number of hydrogen-bond donors (Lipinski definition) is 1. The highest BCUT2D eigenvalue weighted by Crippen LogP contribution is 2.15. The van der Waals surface area contributed by atoms with Gasteiger partial charge in [-0.15, -0.1) is 0 Å². The lowest BCUT2D eigenvalue weighted by Crippen LogP contribution is -2.32. The summed E-state index contributed by atoms with van der Waals surface area (Å²) in [5.41, 5.74) is 2.63. The molecule has 3 heteroatoms. The standard InChI is InChI=1S/C13H23N3/c1-3-12-8-13(4-2)16(15-12)10-11-6-5-7-14-9-11/h8,11,14H,3-7,9-10H2,1-2H3. The Morgan fingerprint density at radius 2 is 2.31 bits per heavy atom. The molecule has 16 heavy (non-hydrogen) atoms. The molecular weight excluding hydrogens is 198 g/mol. The molecule has 1 aromatic rings. The molecule has 0 aromatic carbocycles. The Morgan fingerprint density at radius 1 is 1.44 bits per heavy atom. The van der Waals surface area contributed by atoms with Crippen LogP contribution in [-0.4, -0.2) is 22.9 Å². The van der Waals surface area contributed by atoms with Gasteiger partial charge in [-0.2, -0.15) is 5.10 Å². The van der Waals surface area contributed by atoms with E-state index in [2.05, 4.69) is 35.0 Å². The molecule has 0 bridgehead atoms.